The summed E-state index contributed by atoms with van der Waals surface area (Å²) in [6, 6.07) is 21.5. The third-order valence-corrected chi connectivity index (χ3v) is 3.86. The van der Waals surface area contributed by atoms with E-state index in [4.69, 9.17) is 0 Å². The maximum atomic E-state index is 12.8. The molecule has 3 rings (SSSR count). The lowest BCUT2D eigenvalue weighted by atomic mass is 10.0. The van der Waals surface area contributed by atoms with Crippen LogP contribution in [0.3, 0.4) is 0 Å². The maximum Gasteiger partial charge on any atom is 0.311 e. The molecule has 0 aliphatic carbocycles. The van der Waals surface area contributed by atoms with Crippen LogP contribution < -0.4 is 0 Å². The van der Waals surface area contributed by atoms with Crippen molar-refractivity contribution in [2.75, 3.05) is 0 Å². The van der Waals surface area contributed by atoms with Gasteiger partial charge < -0.3 is 5.11 Å². The van der Waals surface area contributed by atoms with Crippen molar-refractivity contribution in [1.29, 1.82) is 0 Å². The van der Waals surface area contributed by atoms with Gasteiger partial charge in [0.1, 0.15) is 5.71 Å². The number of carbonyl (C=O) groups is 1. The first-order chi connectivity index (χ1) is 13.6. The molecular formula is C21H15N3O4. The Labute approximate surface area is 160 Å². The molecule has 28 heavy (non-hydrogen) atoms. The molecule has 0 heterocycles. The molecule has 0 unspecified atom stereocenters. The Hall–Kier alpha value is -4.13. The van der Waals surface area contributed by atoms with E-state index in [2.05, 4.69) is 10.2 Å². The lowest BCUT2D eigenvalue weighted by Crippen LogP contribution is -2.15. The minimum absolute atomic E-state index is 0.149. The van der Waals surface area contributed by atoms with Crippen LogP contribution in [0.2, 0.25) is 0 Å². The molecule has 0 saturated carbocycles. The van der Waals surface area contributed by atoms with Gasteiger partial charge in [-0.2, -0.15) is 5.10 Å². The second-order valence-corrected chi connectivity index (χ2v) is 5.76. The van der Waals surface area contributed by atoms with Crippen LogP contribution in [0.1, 0.15) is 21.5 Å². The van der Waals surface area contributed by atoms with Gasteiger partial charge in [-0.05, 0) is 12.1 Å². The number of nitrogens with zero attached hydrogens (tertiary/aromatic N) is 3. The molecule has 0 aliphatic heterocycles. The predicted molar refractivity (Wildman–Crippen MR) is 106 cm³/mol. The fourth-order valence-electron chi connectivity index (χ4n) is 2.48. The highest BCUT2D eigenvalue weighted by atomic mass is 16.6. The molecule has 7 nitrogen and oxygen atoms in total. The number of aromatic hydroxyl groups is 1. The maximum absolute atomic E-state index is 12.8. The Morgan fingerprint density at radius 2 is 1.54 bits per heavy atom. The van der Waals surface area contributed by atoms with Gasteiger partial charge in [-0.25, -0.2) is 0 Å². The number of benzene rings is 3. The molecule has 0 aliphatic rings. The molecule has 0 atom stereocenters. The Balaban J connectivity index is 1.96. The molecule has 0 bridgehead atoms. The van der Waals surface area contributed by atoms with E-state index in [1.54, 1.807) is 48.5 Å². The number of phenolic OH excluding ortho intramolecular Hbond substituents is 1. The molecular weight excluding hydrogens is 358 g/mol. The van der Waals surface area contributed by atoms with Gasteiger partial charge in [0.2, 0.25) is 5.78 Å². The van der Waals surface area contributed by atoms with E-state index in [1.807, 2.05) is 12.1 Å². The van der Waals surface area contributed by atoms with Crippen molar-refractivity contribution in [2.45, 2.75) is 0 Å². The average Bonchev–Trinajstić information content (AvgIpc) is 2.73. The Morgan fingerprint density at radius 1 is 0.929 bits per heavy atom. The second-order valence-electron chi connectivity index (χ2n) is 5.76. The van der Waals surface area contributed by atoms with Crippen LogP contribution in [0.4, 0.5) is 5.69 Å². The van der Waals surface area contributed by atoms with Gasteiger partial charge in [-0.3, -0.25) is 14.9 Å². The minimum atomic E-state index is -0.690. The summed E-state index contributed by atoms with van der Waals surface area (Å²) < 4.78 is 0. The molecule has 0 aromatic heterocycles. The van der Waals surface area contributed by atoms with Crippen LogP contribution in [-0.2, 0) is 0 Å². The zero-order chi connectivity index (χ0) is 19.9. The number of carbonyl (C=O) groups excluding carboxylic acids is 1. The van der Waals surface area contributed by atoms with Crippen molar-refractivity contribution >= 4 is 23.4 Å². The van der Waals surface area contributed by atoms with Crippen LogP contribution in [0.15, 0.2) is 89.1 Å². The van der Waals surface area contributed by atoms with Crippen LogP contribution in [-0.4, -0.2) is 27.7 Å². The lowest BCUT2D eigenvalue weighted by Gasteiger charge is -2.04. The number of hydrogen-bond donors (Lipinski definition) is 1. The highest BCUT2D eigenvalue weighted by Gasteiger charge is 2.16. The van der Waals surface area contributed by atoms with E-state index >= 15 is 0 Å². The first-order valence-electron chi connectivity index (χ1n) is 8.30. The fourth-order valence-corrected chi connectivity index (χ4v) is 2.48. The van der Waals surface area contributed by atoms with Crippen LogP contribution >= 0.6 is 0 Å². The Morgan fingerprint density at radius 3 is 2.14 bits per heavy atom. The third kappa shape index (κ3) is 4.34. The second kappa shape index (κ2) is 8.50. The molecule has 1 N–H and O–H groups in total. The van der Waals surface area contributed by atoms with Crippen molar-refractivity contribution in [1.82, 2.24) is 0 Å². The average molecular weight is 373 g/mol. The molecule has 7 heteroatoms. The first kappa shape index (κ1) is 18.7. The number of nitro benzene ring substituents is 1. The van der Waals surface area contributed by atoms with E-state index < -0.39 is 16.4 Å². The minimum Gasteiger partial charge on any atom is -0.502 e. The predicted octanol–water partition coefficient (Wildman–Crippen LogP) is 4.01. The Kier molecular flexibility index (Phi) is 5.66. The third-order valence-electron chi connectivity index (χ3n) is 3.86. The monoisotopic (exact) mass is 373 g/mol. The molecule has 3 aromatic carbocycles. The lowest BCUT2D eigenvalue weighted by molar-refractivity contribution is -0.385. The summed E-state index contributed by atoms with van der Waals surface area (Å²) in [5.41, 5.74) is 1.16. The summed E-state index contributed by atoms with van der Waals surface area (Å²) >= 11 is 0. The number of nitro groups is 1. The number of hydrogen-bond acceptors (Lipinski definition) is 6. The molecule has 0 amide bonds. The zero-order valence-electron chi connectivity index (χ0n) is 14.6. The van der Waals surface area contributed by atoms with Crippen molar-refractivity contribution in [3.8, 4) is 5.75 Å². The highest BCUT2D eigenvalue weighted by molar-refractivity contribution is 6.51. The standard InChI is InChI=1S/C21H15N3O4/c25-19-12-11-15(13-18(19)24(27)28)14-22-23-20(16-7-3-1-4-8-16)21(26)17-9-5-2-6-10-17/h1-14,25H/b22-14-,23-20-. The van der Waals surface area contributed by atoms with Gasteiger partial charge in [-0.1, -0.05) is 60.7 Å². The van der Waals surface area contributed by atoms with E-state index in [0.29, 0.717) is 16.7 Å². The first-order valence-corrected chi connectivity index (χ1v) is 8.30. The summed E-state index contributed by atoms with van der Waals surface area (Å²) in [6.45, 7) is 0. The normalized spacial score (nSPS) is 11.5. The number of Topliss-reactive ketones (excluding diaryl/α,β-unsaturated/α-hetero) is 1. The van der Waals surface area contributed by atoms with E-state index in [-0.39, 0.29) is 11.5 Å². The largest absolute Gasteiger partial charge is 0.502 e. The van der Waals surface area contributed by atoms with Crippen molar-refractivity contribution < 1.29 is 14.8 Å². The highest BCUT2D eigenvalue weighted by Crippen LogP contribution is 2.25. The quantitative estimate of drug-likeness (QED) is 0.305. The summed E-state index contributed by atoms with van der Waals surface area (Å²) in [4.78, 5) is 23.1. The smallest absolute Gasteiger partial charge is 0.311 e. The SMILES string of the molecule is O=C(/C(=N\N=C/c1ccc(O)c([N+](=O)[O-])c1)c1ccccc1)c1ccccc1. The van der Waals surface area contributed by atoms with Crippen LogP contribution in [0.25, 0.3) is 0 Å². The molecule has 3 aromatic rings. The van der Waals surface area contributed by atoms with Gasteiger partial charge in [0, 0.05) is 22.8 Å². The fraction of sp³-hybridized carbons (Fsp3) is 0. The number of phenols is 1. The van der Waals surface area contributed by atoms with Crippen molar-refractivity contribution in [2.24, 2.45) is 10.2 Å². The summed E-state index contributed by atoms with van der Waals surface area (Å²) in [5, 5.41) is 28.4. The van der Waals surface area contributed by atoms with Gasteiger partial charge in [0.25, 0.3) is 0 Å². The molecule has 138 valence electrons. The summed E-state index contributed by atoms with van der Waals surface area (Å²) in [5.74, 6) is -0.726. The van der Waals surface area contributed by atoms with Gasteiger partial charge >= 0.3 is 5.69 Å². The Bertz CT molecular complexity index is 1060. The topological polar surface area (TPSA) is 105 Å². The molecule has 0 saturated heterocycles. The van der Waals surface area contributed by atoms with E-state index in [1.165, 1.54) is 24.4 Å². The number of ketones is 1. The van der Waals surface area contributed by atoms with Crippen molar-refractivity contribution in [3.05, 3.63) is 106 Å². The number of rotatable bonds is 6. The molecule has 0 spiro atoms. The van der Waals surface area contributed by atoms with Gasteiger partial charge in [-0.15, -0.1) is 5.10 Å². The van der Waals surface area contributed by atoms with E-state index in [0.717, 1.165) is 0 Å². The van der Waals surface area contributed by atoms with Crippen LogP contribution in [0, 0.1) is 10.1 Å². The molecule has 0 radical (unpaired) electrons. The van der Waals surface area contributed by atoms with Gasteiger partial charge in [0.05, 0.1) is 11.1 Å². The van der Waals surface area contributed by atoms with Crippen LogP contribution in [0.5, 0.6) is 5.75 Å². The molecule has 0 fully saturated rings. The van der Waals surface area contributed by atoms with Gasteiger partial charge in [0.15, 0.2) is 5.75 Å². The zero-order valence-corrected chi connectivity index (χ0v) is 14.6. The summed E-state index contributed by atoms with van der Waals surface area (Å²) in [7, 11) is 0. The van der Waals surface area contributed by atoms with Crippen molar-refractivity contribution in [3.63, 3.8) is 0 Å². The van der Waals surface area contributed by atoms with E-state index in [9.17, 15) is 20.0 Å². The summed E-state index contributed by atoms with van der Waals surface area (Å²) in [6.07, 6.45) is 1.29.